The Bertz CT molecular complexity index is 1200. The minimum atomic E-state index is -1.01. The van der Waals surface area contributed by atoms with Crippen LogP contribution in [-0.4, -0.2) is 25.7 Å². The van der Waals surface area contributed by atoms with Gasteiger partial charge in [0, 0.05) is 17.7 Å². The number of nitrogens with one attached hydrogen (secondary N) is 1. The monoisotopic (exact) mass is 345 g/mol. The van der Waals surface area contributed by atoms with Crippen molar-refractivity contribution in [2.24, 2.45) is 0 Å². The van der Waals surface area contributed by atoms with Crippen molar-refractivity contribution in [1.29, 1.82) is 0 Å². The normalized spacial score (nSPS) is 11.0. The number of carboxylic acid groups (broad SMARTS) is 1. The van der Waals surface area contributed by atoms with Crippen LogP contribution in [0.3, 0.4) is 0 Å². The van der Waals surface area contributed by atoms with E-state index in [-0.39, 0.29) is 11.1 Å². The molecule has 6 heteroatoms. The van der Waals surface area contributed by atoms with Gasteiger partial charge >= 0.3 is 5.97 Å². The van der Waals surface area contributed by atoms with Gasteiger partial charge in [-0.15, -0.1) is 0 Å². The lowest BCUT2D eigenvalue weighted by Crippen LogP contribution is -2.14. The second-order valence-corrected chi connectivity index (χ2v) is 6.05. The van der Waals surface area contributed by atoms with Gasteiger partial charge in [-0.05, 0) is 30.2 Å². The lowest BCUT2D eigenvalue weighted by atomic mass is 10.1. The number of benzene rings is 2. The Balaban J connectivity index is 1.87. The highest BCUT2D eigenvalue weighted by Gasteiger charge is 2.11. The van der Waals surface area contributed by atoms with Gasteiger partial charge in [-0.3, -0.25) is 4.79 Å². The molecular formula is C20H15N3O3. The van der Waals surface area contributed by atoms with Crippen molar-refractivity contribution in [3.05, 3.63) is 82.1 Å². The summed E-state index contributed by atoms with van der Waals surface area (Å²) in [6.45, 7) is 1.99. The molecule has 0 atom stereocenters. The maximum Gasteiger partial charge on any atom is 0.335 e. The summed E-state index contributed by atoms with van der Waals surface area (Å²) in [6, 6.07) is 17.5. The average molecular weight is 345 g/mol. The van der Waals surface area contributed by atoms with Gasteiger partial charge in [-0.1, -0.05) is 36.4 Å². The fourth-order valence-corrected chi connectivity index (χ4v) is 2.96. The number of H-pyrrole nitrogens is 1. The summed E-state index contributed by atoms with van der Waals surface area (Å²) < 4.78 is 1.31. The van der Waals surface area contributed by atoms with Crippen LogP contribution in [0.25, 0.3) is 28.2 Å². The maximum atomic E-state index is 12.5. The number of aryl methyl sites for hydroxylation is 1. The number of hydrogen-bond donors (Lipinski definition) is 2. The third kappa shape index (κ3) is 2.67. The van der Waals surface area contributed by atoms with Crippen molar-refractivity contribution in [2.75, 3.05) is 0 Å². The van der Waals surface area contributed by atoms with Gasteiger partial charge in [0.2, 0.25) is 0 Å². The molecule has 0 spiro atoms. The smallest absolute Gasteiger partial charge is 0.335 e. The van der Waals surface area contributed by atoms with E-state index < -0.39 is 5.97 Å². The van der Waals surface area contributed by atoms with Crippen LogP contribution in [0.4, 0.5) is 0 Å². The highest BCUT2D eigenvalue weighted by atomic mass is 16.4. The molecule has 4 aromatic rings. The molecule has 6 nitrogen and oxygen atoms in total. The summed E-state index contributed by atoms with van der Waals surface area (Å²) in [5.74, 6) is -1.01. The molecule has 0 unspecified atom stereocenters. The Morgan fingerprint density at radius 3 is 2.65 bits per heavy atom. The van der Waals surface area contributed by atoms with Gasteiger partial charge in [0.1, 0.15) is 5.65 Å². The Kier molecular flexibility index (Phi) is 3.65. The fourth-order valence-electron chi connectivity index (χ4n) is 2.96. The molecule has 0 fully saturated rings. The zero-order valence-electron chi connectivity index (χ0n) is 13.9. The van der Waals surface area contributed by atoms with Gasteiger partial charge in [0.25, 0.3) is 5.56 Å². The number of rotatable bonds is 3. The number of carbonyl (C=O) groups is 1. The number of aromatic nitrogens is 3. The predicted octanol–water partition coefficient (Wildman–Crippen LogP) is 3.36. The molecule has 2 N–H and O–H groups in total. The first-order chi connectivity index (χ1) is 12.5. The van der Waals surface area contributed by atoms with Crippen molar-refractivity contribution < 1.29 is 9.90 Å². The molecule has 128 valence electrons. The molecule has 0 amide bonds. The van der Waals surface area contributed by atoms with Crippen LogP contribution in [0, 0.1) is 6.92 Å². The Morgan fingerprint density at radius 1 is 1.08 bits per heavy atom. The molecule has 2 heterocycles. The number of carboxylic acids is 1. The molecule has 0 bridgehead atoms. The number of hydrogen-bond acceptors (Lipinski definition) is 3. The maximum absolute atomic E-state index is 12.5. The molecule has 0 saturated carbocycles. The molecule has 26 heavy (non-hydrogen) atoms. The van der Waals surface area contributed by atoms with Crippen molar-refractivity contribution in [3.63, 3.8) is 0 Å². The van der Waals surface area contributed by atoms with Crippen molar-refractivity contribution in [1.82, 2.24) is 14.6 Å². The van der Waals surface area contributed by atoms with Crippen molar-refractivity contribution in [3.8, 4) is 22.5 Å². The molecule has 0 saturated heterocycles. The van der Waals surface area contributed by atoms with Gasteiger partial charge in [0.15, 0.2) is 0 Å². The van der Waals surface area contributed by atoms with E-state index in [0.717, 1.165) is 11.1 Å². The van der Waals surface area contributed by atoms with E-state index in [1.807, 2.05) is 37.3 Å². The molecule has 2 aromatic carbocycles. The molecule has 0 aliphatic rings. The summed E-state index contributed by atoms with van der Waals surface area (Å²) >= 11 is 0. The second kappa shape index (κ2) is 6.00. The second-order valence-electron chi connectivity index (χ2n) is 6.05. The van der Waals surface area contributed by atoms with E-state index >= 15 is 0 Å². The van der Waals surface area contributed by atoms with Crippen LogP contribution >= 0.6 is 0 Å². The van der Waals surface area contributed by atoms with Gasteiger partial charge < -0.3 is 10.1 Å². The zero-order valence-corrected chi connectivity index (χ0v) is 13.9. The third-order valence-electron chi connectivity index (χ3n) is 4.29. The fraction of sp³-hybridized carbons (Fsp3) is 0.0500. The van der Waals surface area contributed by atoms with Crippen LogP contribution in [0.15, 0.2) is 65.5 Å². The molecular weight excluding hydrogens is 330 g/mol. The van der Waals surface area contributed by atoms with Gasteiger partial charge in [-0.25, -0.2) is 4.79 Å². The summed E-state index contributed by atoms with van der Waals surface area (Å²) in [4.78, 5) is 26.8. The first kappa shape index (κ1) is 15.8. The topological polar surface area (TPSA) is 87.5 Å². The molecule has 4 rings (SSSR count). The van der Waals surface area contributed by atoms with Crippen molar-refractivity contribution >= 4 is 11.6 Å². The standard InChI is InChI=1S/C20H15N3O3/c1-12-5-2-3-8-15(12)17-10-18-21-16(11-19(24)23(18)22-17)13-6-4-7-14(9-13)20(25)26/h2-11,21H,1H3,(H,25,26). The van der Waals surface area contributed by atoms with Crippen LogP contribution in [-0.2, 0) is 0 Å². The lowest BCUT2D eigenvalue weighted by molar-refractivity contribution is 0.0697. The van der Waals surface area contributed by atoms with Gasteiger partial charge in [0.05, 0.1) is 17.0 Å². The number of nitrogens with zero attached hydrogens (tertiary/aromatic N) is 2. The van der Waals surface area contributed by atoms with E-state index in [9.17, 15) is 9.59 Å². The Morgan fingerprint density at radius 2 is 1.88 bits per heavy atom. The highest BCUT2D eigenvalue weighted by molar-refractivity contribution is 5.89. The van der Waals surface area contributed by atoms with E-state index in [2.05, 4.69) is 10.1 Å². The SMILES string of the molecule is Cc1ccccc1-c1cc2[nH]c(-c3cccc(C(=O)O)c3)cc(=O)n2n1. The summed E-state index contributed by atoms with van der Waals surface area (Å²) in [6.07, 6.45) is 0. The van der Waals surface area contributed by atoms with Crippen LogP contribution in [0.5, 0.6) is 0 Å². The first-order valence-electron chi connectivity index (χ1n) is 8.06. The molecule has 0 aliphatic carbocycles. The van der Waals surface area contributed by atoms with Crippen LogP contribution < -0.4 is 5.56 Å². The summed E-state index contributed by atoms with van der Waals surface area (Å²) in [5.41, 5.74) is 4.33. The Labute approximate surface area is 148 Å². The predicted molar refractivity (Wildman–Crippen MR) is 98.4 cm³/mol. The largest absolute Gasteiger partial charge is 0.478 e. The highest BCUT2D eigenvalue weighted by Crippen LogP contribution is 2.23. The molecule has 0 aliphatic heterocycles. The summed E-state index contributed by atoms with van der Waals surface area (Å²) in [7, 11) is 0. The van der Waals surface area contributed by atoms with E-state index in [1.165, 1.54) is 22.7 Å². The number of fused-ring (bicyclic) bond motifs is 1. The first-order valence-corrected chi connectivity index (χ1v) is 8.06. The van der Waals surface area contributed by atoms with Crippen molar-refractivity contribution in [2.45, 2.75) is 6.92 Å². The minimum absolute atomic E-state index is 0.164. The quantitative estimate of drug-likeness (QED) is 0.596. The van der Waals surface area contributed by atoms with Crippen LogP contribution in [0.1, 0.15) is 15.9 Å². The molecule has 2 aromatic heterocycles. The summed E-state index contributed by atoms with van der Waals surface area (Å²) in [5, 5.41) is 13.6. The van der Waals surface area contributed by atoms with E-state index in [0.29, 0.717) is 22.6 Å². The van der Waals surface area contributed by atoms with E-state index in [4.69, 9.17) is 5.11 Å². The minimum Gasteiger partial charge on any atom is -0.478 e. The zero-order chi connectivity index (χ0) is 18.3. The number of aromatic amines is 1. The Hall–Kier alpha value is -3.67. The van der Waals surface area contributed by atoms with Gasteiger partial charge in [-0.2, -0.15) is 9.61 Å². The molecule has 0 radical (unpaired) electrons. The third-order valence-corrected chi connectivity index (χ3v) is 4.29. The lowest BCUT2D eigenvalue weighted by Gasteiger charge is -2.04. The van der Waals surface area contributed by atoms with Crippen LogP contribution in [0.2, 0.25) is 0 Å². The average Bonchev–Trinajstić information content (AvgIpc) is 3.06. The number of aromatic carboxylic acids is 1. The van der Waals surface area contributed by atoms with E-state index in [1.54, 1.807) is 12.1 Å².